The lowest BCUT2D eigenvalue weighted by molar-refractivity contribution is 0.101. The molecule has 0 fully saturated rings. The summed E-state index contributed by atoms with van der Waals surface area (Å²) >= 11 is 0. The van der Waals surface area contributed by atoms with Crippen LogP contribution in [0.15, 0.2) is 127 Å². The van der Waals surface area contributed by atoms with Gasteiger partial charge < -0.3 is 10.6 Å². The van der Waals surface area contributed by atoms with Crippen molar-refractivity contribution in [2.75, 3.05) is 10.6 Å². The molecule has 1 heterocycles. The first kappa shape index (κ1) is 23.6. The lowest BCUT2D eigenvalue weighted by atomic mass is 10.0. The van der Waals surface area contributed by atoms with E-state index >= 15 is 0 Å². The van der Waals surface area contributed by atoms with E-state index < -0.39 is 0 Å². The minimum Gasteiger partial charge on any atom is -0.321 e. The fourth-order valence-electron chi connectivity index (χ4n) is 5.11. The third-order valence-electron chi connectivity index (χ3n) is 7.14. The number of hydrogen-bond donors (Lipinski definition) is 2. The quantitative estimate of drug-likeness (QED) is 0.231. The van der Waals surface area contributed by atoms with E-state index in [1.54, 1.807) is 18.2 Å². The Morgan fingerprint density at radius 1 is 0.400 bits per heavy atom. The molecule has 0 spiro atoms. The number of amides is 2. The Bertz CT molecular complexity index is 1970. The predicted molar refractivity (Wildman–Crippen MR) is 163 cm³/mol. The number of anilines is 2. The number of hydrogen-bond acceptors (Lipinski definition) is 3. The monoisotopic (exact) mass is 517 g/mol. The van der Waals surface area contributed by atoms with Crippen LogP contribution in [0.3, 0.4) is 0 Å². The third-order valence-corrected chi connectivity index (χ3v) is 7.14. The zero-order valence-electron chi connectivity index (χ0n) is 21.4. The predicted octanol–water partition coefficient (Wildman–Crippen LogP) is 8.20. The Morgan fingerprint density at radius 3 is 1.20 bits per heavy atom. The van der Waals surface area contributed by atoms with E-state index in [4.69, 9.17) is 0 Å². The molecule has 0 atom stereocenters. The Balaban J connectivity index is 1.10. The minimum absolute atomic E-state index is 0.163. The molecule has 0 saturated heterocycles. The van der Waals surface area contributed by atoms with Gasteiger partial charge in [-0.2, -0.15) is 0 Å². The van der Waals surface area contributed by atoms with Crippen LogP contribution in [0.5, 0.6) is 0 Å². The Hall–Kier alpha value is -5.55. The fraction of sp³-hybridized carbons (Fsp3) is 0. The molecule has 40 heavy (non-hydrogen) atoms. The molecule has 0 radical (unpaired) electrons. The normalized spacial score (nSPS) is 11.2. The third kappa shape index (κ3) is 4.50. The van der Waals surface area contributed by atoms with Gasteiger partial charge in [-0.3, -0.25) is 9.59 Å². The van der Waals surface area contributed by atoms with Gasteiger partial charge in [0.25, 0.3) is 11.8 Å². The minimum atomic E-state index is -0.382. The van der Waals surface area contributed by atoms with Crippen molar-refractivity contribution >= 4 is 66.3 Å². The van der Waals surface area contributed by atoms with E-state index in [9.17, 15) is 9.59 Å². The van der Waals surface area contributed by atoms with E-state index in [2.05, 4.69) is 64.1 Å². The molecule has 0 aliphatic heterocycles. The molecular formula is C35H23N3O2. The van der Waals surface area contributed by atoms with Gasteiger partial charge in [-0.25, -0.2) is 4.98 Å². The smallest absolute Gasteiger partial charge is 0.274 e. The van der Waals surface area contributed by atoms with Gasteiger partial charge in [-0.05, 0) is 104 Å². The SMILES string of the molecule is O=C(Nc1ccc2cc3ccccc3cc2c1)c1cccc(C(=O)Nc2ccc3cc4ccccc4cc3c2)n1. The number of benzene rings is 6. The summed E-state index contributed by atoms with van der Waals surface area (Å²) in [6, 6.07) is 41.3. The van der Waals surface area contributed by atoms with E-state index in [0.717, 1.165) is 32.3 Å². The molecule has 0 aliphatic rings. The molecule has 5 nitrogen and oxygen atoms in total. The van der Waals surface area contributed by atoms with Crippen molar-refractivity contribution in [3.63, 3.8) is 0 Å². The van der Waals surface area contributed by atoms with Crippen LogP contribution < -0.4 is 10.6 Å². The van der Waals surface area contributed by atoms with Gasteiger partial charge in [0.05, 0.1) is 0 Å². The van der Waals surface area contributed by atoms with Gasteiger partial charge in [-0.15, -0.1) is 0 Å². The molecule has 0 unspecified atom stereocenters. The summed E-state index contributed by atoms with van der Waals surface area (Å²) in [5.41, 5.74) is 1.65. The molecule has 0 saturated carbocycles. The summed E-state index contributed by atoms with van der Waals surface area (Å²) in [5.74, 6) is -0.764. The summed E-state index contributed by atoms with van der Waals surface area (Å²) in [6.45, 7) is 0. The van der Waals surface area contributed by atoms with E-state index in [0.29, 0.717) is 11.4 Å². The second-order valence-electron chi connectivity index (χ2n) is 9.84. The van der Waals surface area contributed by atoms with Gasteiger partial charge >= 0.3 is 0 Å². The zero-order valence-corrected chi connectivity index (χ0v) is 21.4. The lowest BCUT2D eigenvalue weighted by Gasteiger charge is -2.10. The van der Waals surface area contributed by atoms with Crippen LogP contribution in [-0.4, -0.2) is 16.8 Å². The molecule has 1 aromatic heterocycles. The highest BCUT2D eigenvalue weighted by Crippen LogP contribution is 2.27. The number of nitrogens with one attached hydrogen (secondary N) is 2. The van der Waals surface area contributed by atoms with E-state index in [1.807, 2.05) is 60.7 Å². The van der Waals surface area contributed by atoms with Crippen LogP contribution in [0, 0.1) is 0 Å². The first-order valence-electron chi connectivity index (χ1n) is 13.0. The molecular weight excluding hydrogens is 494 g/mol. The highest BCUT2D eigenvalue weighted by Gasteiger charge is 2.14. The van der Waals surface area contributed by atoms with Crippen molar-refractivity contribution < 1.29 is 9.59 Å². The average Bonchev–Trinajstić information content (AvgIpc) is 2.99. The first-order valence-corrected chi connectivity index (χ1v) is 13.0. The fourth-order valence-corrected chi connectivity index (χ4v) is 5.11. The summed E-state index contributed by atoms with van der Waals surface area (Å²) in [7, 11) is 0. The standard InChI is InChI=1S/C35H23N3O2/c39-34(36-30-14-12-26-16-22-6-1-3-8-24(22)18-28(26)20-30)32-10-5-11-33(38-32)35(40)37-31-15-13-27-17-23-7-2-4-9-25(23)19-29(27)21-31/h1-21H,(H,36,39)(H,37,40). The summed E-state index contributed by atoms with van der Waals surface area (Å²) in [5, 5.41) is 14.7. The van der Waals surface area contributed by atoms with E-state index in [1.165, 1.54) is 10.8 Å². The second kappa shape index (κ2) is 9.64. The molecule has 6 aromatic carbocycles. The van der Waals surface area contributed by atoms with Crippen LogP contribution >= 0.6 is 0 Å². The van der Waals surface area contributed by atoms with Gasteiger partial charge in [-0.1, -0.05) is 66.7 Å². The second-order valence-corrected chi connectivity index (χ2v) is 9.84. The zero-order chi connectivity index (χ0) is 27.1. The van der Waals surface area contributed by atoms with Gasteiger partial charge in [0.1, 0.15) is 11.4 Å². The number of aromatic nitrogens is 1. The van der Waals surface area contributed by atoms with Crippen LogP contribution in [-0.2, 0) is 0 Å². The van der Waals surface area contributed by atoms with Crippen molar-refractivity contribution in [3.8, 4) is 0 Å². The maximum atomic E-state index is 13.0. The average molecular weight is 518 g/mol. The molecule has 7 aromatic rings. The van der Waals surface area contributed by atoms with Crippen molar-refractivity contribution in [1.82, 2.24) is 4.98 Å². The van der Waals surface area contributed by atoms with Gasteiger partial charge in [0, 0.05) is 11.4 Å². The number of pyridine rings is 1. The number of nitrogens with zero attached hydrogens (tertiary/aromatic N) is 1. The van der Waals surface area contributed by atoms with Crippen molar-refractivity contribution in [2.45, 2.75) is 0 Å². The highest BCUT2D eigenvalue weighted by atomic mass is 16.2. The number of carbonyl (C=O) groups is 2. The van der Waals surface area contributed by atoms with Gasteiger partial charge in [0.2, 0.25) is 0 Å². The molecule has 190 valence electrons. The van der Waals surface area contributed by atoms with Crippen molar-refractivity contribution in [1.29, 1.82) is 0 Å². The maximum absolute atomic E-state index is 13.0. The van der Waals surface area contributed by atoms with Crippen LogP contribution in [0.2, 0.25) is 0 Å². The summed E-state index contributed by atoms with van der Waals surface area (Å²) in [6.07, 6.45) is 0. The maximum Gasteiger partial charge on any atom is 0.274 e. The topological polar surface area (TPSA) is 71.1 Å². The van der Waals surface area contributed by atoms with Crippen LogP contribution in [0.1, 0.15) is 21.0 Å². The number of carbonyl (C=O) groups excluding carboxylic acids is 2. The first-order chi connectivity index (χ1) is 19.6. The Kier molecular flexibility index (Phi) is 5.68. The van der Waals surface area contributed by atoms with Crippen molar-refractivity contribution in [3.05, 3.63) is 139 Å². The number of fused-ring (bicyclic) bond motifs is 4. The lowest BCUT2D eigenvalue weighted by Crippen LogP contribution is -2.18. The Morgan fingerprint density at radius 2 is 0.775 bits per heavy atom. The molecule has 5 heteroatoms. The number of rotatable bonds is 4. The molecule has 7 rings (SSSR count). The summed E-state index contributed by atoms with van der Waals surface area (Å²) < 4.78 is 0. The summed E-state index contributed by atoms with van der Waals surface area (Å²) in [4.78, 5) is 30.4. The van der Waals surface area contributed by atoms with Crippen molar-refractivity contribution in [2.24, 2.45) is 0 Å². The van der Waals surface area contributed by atoms with Crippen LogP contribution in [0.25, 0.3) is 43.1 Å². The van der Waals surface area contributed by atoms with E-state index in [-0.39, 0.29) is 23.2 Å². The largest absolute Gasteiger partial charge is 0.321 e. The Labute approximate surface area is 230 Å². The molecule has 2 amide bonds. The molecule has 0 aliphatic carbocycles. The molecule has 2 N–H and O–H groups in total. The van der Waals surface area contributed by atoms with Gasteiger partial charge in [0.15, 0.2) is 0 Å². The van der Waals surface area contributed by atoms with Crippen LogP contribution in [0.4, 0.5) is 11.4 Å². The highest BCUT2D eigenvalue weighted by molar-refractivity contribution is 6.08. The molecule has 0 bridgehead atoms.